The third kappa shape index (κ3) is 1.99. The SMILES string of the molecule is CCN(C)C(=N)c1ccccc1N. The van der Waals surface area contributed by atoms with Crippen molar-refractivity contribution in [2.45, 2.75) is 6.92 Å². The van der Waals surface area contributed by atoms with Crippen molar-refractivity contribution in [2.24, 2.45) is 0 Å². The second-order valence-corrected chi connectivity index (χ2v) is 2.95. The fourth-order valence-corrected chi connectivity index (χ4v) is 1.08. The molecule has 0 saturated heterocycles. The normalized spacial score (nSPS) is 9.69. The summed E-state index contributed by atoms with van der Waals surface area (Å²) in [5.74, 6) is 0.473. The molecule has 0 aliphatic rings. The maximum absolute atomic E-state index is 7.82. The van der Waals surface area contributed by atoms with E-state index in [1.165, 1.54) is 0 Å². The summed E-state index contributed by atoms with van der Waals surface area (Å²) in [5.41, 5.74) is 7.20. The van der Waals surface area contributed by atoms with Crippen molar-refractivity contribution in [1.29, 1.82) is 5.41 Å². The largest absolute Gasteiger partial charge is 0.398 e. The number of benzene rings is 1. The van der Waals surface area contributed by atoms with Gasteiger partial charge in [-0.15, -0.1) is 0 Å². The summed E-state index contributed by atoms with van der Waals surface area (Å²) in [4.78, 5) is 1.85. The molecular weight excluding hydrogens is 162 g/mol. The molecule has 1 rings (SSSR count). The number of nitrogens with zero attached hydrogens (tertiary/aromatic N) is 1. The summed E-state index contributed by atoms with van der Waals surface area (Å²) in [6.07, 6.45) is 0. The molecule has 0 unspecified atom stereocenters. The van der Waals surface area contributed by atoms with Gasteiger partial charge in [0.1, 0.15) is 5.84 Å². The van der Waals surface area contributed by atoms with Crippen LogP contribution in [0.4, 0.5) is 5.69 Å². The second kappa shape index (κ2) is 3.94. The summed E-state index contributed by atoms with van der Waals surface area (Å²) in [7, 11) is 1.88. The summed E-state index contributed by atoms with van der Waals surface area (Å²) in [5, 5.41) is 7.82. The zero-order valence-corrected chi connectivity index (χ0v) is 8.04. The highest BCUT2D eigenvalue weighted by Crippen LogP contribution is 2.12. The Morgan fingerprint density at radius 2 is 2.08 bits per heavy atom. The van der Waals surface area contributed by atoms with Crippen molar-refractivity contribution >= 4 is 11.5 Å². The predicted molar refractivity (Wildman–Crippen MR) is 56.0 cm³/mol. The fourth-order valence-electron chi connectivity index (χ4n) is 1.08. The number of nitrogens with two attached hydrogens (primary N) is 1. The Bertz CT molecular complexity index is 307. The Morgan fingerprint density at radius 3 is 2.62 bits per heavy atom. The van der Waals surface area contributed by atoms with E-state index < -0.39 is 0 Å². The molecular formula is C10H15N3. The van der Waals surface area contributed by atoms with E-state index in [2.05, 4.69) is 0 Å². The van der Waals surface area contributed by atoms with Gasteiger partial charge in [-0.3, -0.25) is 5.41 Å². The summed E-state index contributed by atoms with van der Waals surface area (Å²) >= 11 is 0. The highest BCUT2D eigenvalue weighted by molar-refractivity contribution is 6.00. The van der Waals surface area contributed by atoms with Gasteiger partial charge in [-0.2, -0.15) is 0 Å². The molecule has 1 aromatic carbocycles. The monoisotopic (exact) mass is 177 g/mol. The summed E-state index contributed by atoms with van der Waals surface area (Å²) in [6, 6.07) is 7.44. The highest BCUT2D eigenvalue weighted by Gasteiger charge is 2.07. The van der Waals surface area contributed by atoms with Gasteiger partial charge in [0, 0.05) is 24.8 Å². The van der Waals surface area contributed by atoms with Crippen LogP contribution in [0.15, 0.2) is 24.3 Å². The van der Waals surface area contributed by atoms with Crippen LogP contribution in [0, 0.1) is 5.41 Å². The average Bonchev–Trinajstić information content (AvgIpc) is 2.16. The summed E-state index contributed by atoms with van der Waals surface area (Å²) < 4.78 is 0. The number of anilines is 1. The van der Waals surface area contributed by atoms with Crippen LogP contribution in [0.5, 0.6) is 0 Å². The standard InChI is InChI=1S/C10H15N3/c1-3-13(2)10(12)8-6-4-5-7-9(8)11/h4-7,12H,3,11H2,1-2H3. The van der Waals surface area contributed by atoms with Crippen LogP contribution in [0.2, 0.25) is 0 Å². The molecule has 3 N–H and O–H groups in total. The molecule has 0 amide bonds. The van der Waals surface area contributed by atoms with Gasteiger partial charge in [-0.25, -0.2) is 0 Å². The van der Waals surface area contributed by atoms with E-state index in [9.17, 15) is 0 Å². The van der Waals surface area contributed by atoms with Gasteiger partial charge < -0.3 is 10.6 Å². The zero-order chi connectivity index (χ0) is 9.84. The number of para-hydroxylation sites is 1. The Labute approximate surface area is 78.7 Å². The molecule has 0 fully saturated rings. The lowest BCUT2D eigenvalue weighted by Gasteiger charge is -2.18. The Kier molecular flexibility index (Phi) is 2.90. The first-order valence-corrected chi connectivity index (χ1v) is 4.31. The third-order valence-electron chi connectivity index (χ3n) is 2.07. The number of amidine groups is 1. The topological polar surface area (TPSA) is 53.1 Å². The Balaban J connectivity index is 2.95. The van der Waals surface area contributed by atoms with Crippen LogP contribution >= 0.6 is 0 Å². The Morgan fingerprint density at radius 1 is 1.46 bits per heavy atom. The number of nitrogens with one attached hydrogen (secondary N) is 1. The lowest BCUT2D eigenvalue weighted by molar-refractivity contribution is 0.533. The molecule has 0 bridgehead atoms. The minimum Gasteiger partial charge on any atom is -0.398 e. The lowest BCUT2D eigenvalue weighted by Crippen LogP contribution is -2.26. The van der Waals surface area contributed by atoms with E-state index in [-0.39, 0.29) is 0 Å². The van der Waals surface area contributed by atoms with Crippen molar-refractivity contribution in [3.63, 3.8) is 0 Å². The highest BCUT2D eigenvalue weighted by atomic mass is 15.1. The van der Waals surface area contributed by atoms with Crippen LogP contribution in [0.25, 0.3) is 0 Å². The molecule has 0 aliphatic carbocycles. The van der Waals surface area contributed by atoms with Crippen LogP contribution in [0.3, 0.4) is 0 Å². The lowest BCUT2D eigenvalue weighted by atomic mass is 10.1. The first kappa shape index (κ1) is 9.58. The molecule has 13 heavy (non-hydrogen) atoms. The van der Waals surface area contributed by atoms with Crippen molar-refractivity contribution in [2.75, 3.05) is 19.3 Å². The zero-order valence-electron chi connectivity index (χ0n) is 8.04. The minimum absolute atomic E-state index is 0.473. The molecule has 1 aromatic rings. The molecule has 3 nitrogen and oxygen atoms in total. The second-order valence-electron chi connectivity index (χ2n) is 2.95. The first-order chi connectivity index (χ1) is 6.16. The first-order valence-electron chi connectivity index (χ1n) is 4.31. The van der Waals surface area contributed by atoms with Crippen molar-refractivity contribution in [1.82, 2.24) is 4.90 Å². The van der Waals surface area contributed by atoms with Crippen molar-refractivity contribution < 1.29 is 0 Å². The average molecular weight is 177 g/mol. The molecule has 0 aromatic heterocycles. The number of hydrogen-bond donors (Lipinski definition) is 2. The molecule has 70 valence electrons. The van der Waals surface area contributed by atoms with Gasteiger partial charge in [0.05, 0.1) is 0 Å². The van der Waals surface area contributed by atoms with E-state index in [1.807, 2.05) is 43.1 Å². The molecule has 3 heteroatoms. The smallest absolute Gasteiger partial charge is 0.129 e. The molecule has 0 radical (unpaired) electrons. The third-order valence-corrected chi connectivity index (χ3v) is 2.07. The molecule has 0 heterocycles. The van der Waals surface area contributed by atoms with E-state index >= 15 is 0 Å². The fraction of sp³-hybridized carbons (Fsp3) is 0.300. The quantitative estimate of drug-likeness (QED) is 0.409. The molecule has 0 saturated carbocycles. The Hall–Kier alpha value is -1.51. The van der Waals surface area contributed by atoms with E-state index in [0.717, 1.165) is 12.1 Å². The number of rotatable bonds is 2. The van der Waals surface area contributed by atoms with Gasteiger partial charge >= 0.3 is 0 Å². The van der Waals surface area contributed by atoms with Crippen molar-refractivity contribution in [3.05, 3.63) is 29.8 Å². The molecule has 0 atom stereocenters. The summed E-state index contributed by atoms with van der Waals surface area (Å²) in [6.45, 7) is 2.82. The maximum atomic E-state index is 7.82. The van der Waals surface area contributed by atoms with E-state index in [0.29, 0.717) is 11.5 Å². The predicted octanol–water partition coefficient (Wildman–Crippen LogP) is 1.55. The van der Waals surface area contributed by atoms with E-state index in [4.69, 9.17) is 11.1 Å². The van der Waals surface area contributed by atoms with Gasteiger partial charge in [0.25, 0.3) is 0 Å². The minimum atomic E-state index is 0.473. The van der Waals surface area contributed by atoms with Crippen LogP contribution in [-0.2, 0) is 0 Å². The van der Waals surface area contributed by atoms with Crippen LogP contribution in [-0.4, -0.2) is 24.3 Å². The van der Waals surface area contributed by atoms with Gasteiger partial charge in [-0.1, -0.05) is 12.1 Å². The number of hydrogen-bond acceptors (Lipinski definition) is 2. The van der Waals surface area contributed by atoms with Crippen LogP contribution < -0.4 is 5.73 Å². The number of nitrogen functional groups attached to an aromatic ring is 1. The van der Waals surface area contributed by atoms with Gasteiger partial charge in [0.2, 0.25) is 0 Å². The molecule has 0 spiro atoms. The van der Waals surface area contributed by atoms with Gasteiger partial charge in [-0.05, 0) is 19.1 Å². The van der Waals surface area contributed by atoms with E-state index in [1.54, 1.807) is 0 Å². The maximum Gasteiger partial charge on any atom is 0.129 e. The van der Waals surface area contributed by atoms with Gasteiger partial charge in [0.15, 0.2) is 0 Å². The van der Waals surface area contributed by atoms with Crippen molar-refractivity contribution in [3.8, 4) is 0 Å². The molecule has 0 aliphatic heterocycles. The van der Waals surface area contributed by atoms with Crippen LogP contribution in [0.1, 0.15) is 12.5 Å².